The third kappa shape index (κ3) is 6.23. The van der Waals surface area contributed by atoms with Gasteiger partial charge in [0.15, 0.2) is 6.61 Å². The molecule has 0 aliphatic rings. The Labute approximate surface area is 163 Å². The highest BCUT2D eigenvalue weighted by Gasteiger charge is 2.10. The Bertz CT molecular complexity index is 799. The van der Waals surface area contributed by atoms with Gasteiger partial charge in [0.25, 0.3) is 5.91 Å². The number of carbonyl (C=O) groups excluding carboxylic acids is 2. The average molecular weight is 446 g/mol. The molecule has 0 aliphatic carbocycles. The maximum absolute atomic E-state index is 11.9. The predicted molar refractivity (Wildman–Crippen MR) is 102 cm³/mol. The fourth-order valence-corrected chi connectivity index (χ4v) is 2.73. The number of benzene rings is 2. The van der Waals surface area contributed by atoms with Gasteiger partial charge in [0.05, 0.1) is 11.6 Å². The zero-order valence-electron chi connectivity index (χ0n) is 13.2. The Morgan fingerprint density at radius 1 is 1.12 bits per heavy atom. The van der Waals surface area contributed by atoms with Crippen molar-refractivity contribution in [2.24, 2.45) is 0 Å². The monoisotopic (exact) mass is 444 g/mol. The lowest BCUT2D eigenvalue weighted by molar-refractivity contribution is -0.125. The molecule has 0 bridgehead atoms. The summed E-state index contributed by atoms with van der Waals surface area (Å²) < 4.78 is 6.22. The van der Waals surface area contributed by atoms with E-state index in [1.807, 2.05) is 19.1 Å². The van der Waals surface area contributed by atoms with Gasteiger partial charge < -0.3 is 15.4 Å². The molecule has 25 heavy (non-hydrogen) atoms. The third-order valence-corrected chi connectivity index (χ3v) is 4.20. The van der Waals surface area contributed by atoms with Crippen LogP contribution in [0.2, 0.25) is 10.0 Å². The lowest BCUT2D eigenvalue weighted by Gasteiger charge is -2.11. The molecule has 0 atom stereocenters. The zero-order valence-corrected chi connectivity index (χ0v) is 16.3. The molecule has 0 radical (unpaired) electrons. The Kier molecular flexibility index (Phi) is 7.11. The maximum atomic E-state index is 11.9. The lowest BCUT2D eigenvalue weighted by Crippen LogP contribution is -2.35. The molecule has 2 aromatic rings. The average Bonchev–Trinajstić information content (AvgIpc) is 2.56. The number of hydrogen-bond donors (Lipinski definition) is 2. The largest absolute Gasteiger partial charge is 0.482 e. The second-order valence-corrected chi connectivity index (χ2v) is 6.91. The summed E-state index contributed by atoms with van der Waals surface area (Å²) in [5.74, 6) is -0.475. The van der Waals surface area contributed by atoms with Crippen LogP contribution in [0.5, 0.6) is 5.75 Å². The highest BCUT2D eigenvalue weighted by molar-refractivity contribution is 9.10. The smallest absolute Gasteiger partial charge is 0.258 e. The summed E-state index contributed by atoms with van der Waals surface area (Å²) in [5, 5.41) is 6.00. The minimum Gasteiger partial charge on any atom is -0.482 e. The van der Waals surface area contributed by atoms with Crippen LogP contribution < -0.4 is 15.4 Å². The summed E-state index contributed by atoms with van der Waals surface area (Å²) in [5.41, 5.74) is 1.59. The Balaban J connectivity index is 1.79. The van der Waals surface area contributed by atoms with E-state index in [0.717, 1.165) is 10.0 Å². The number of carbonyl (C=O) groups is 2. The number of anilines is 1. The van der Waals surface area contributed by atoms with Gasteiger partial charge in [-0.1, -0.05) is 39.1 Å². The van der Waals surface area contributed by atoms with E-state index in [-0.39, 0.29) is 19.1 Å². The first-order valence-electron chi connectivity index (χ1n) is 7.25. The van der Waals surface area contributed by atoms with Gasteiger partial charge in [-0.25, -0.2) is 0 Å². The molecular formula is C17H15BrCl2N2O3. The summed E-state index contributed by atoms with van der Waals surface area (Å²) in [6.07, 6.45) is 0. The molecule has 2 N–H and O–H groups in total. The molecule has 0 fully saturated rings. The fraction of sp³-hybridized carbons (Fsp3) is 0.176. The van der Waals surface area contributed by atoms with Crippen molar-refractivity contribution in [3.63, 3.8) is 0 Å². The molecule has 0 unspecified atom stereocenters. The summed E-state index contributed by atoms with van der Waals surface area (Å²) in [7, 11) is 0. The second-order valence-electron chi connectivity index (χ2n) is 5.15. The molecule has 2 rings (SSSR count). The van der Waals surface area contributed by atoms with Crippen LogP contribution >= 0.6 is 39.1 Å². The van der Waals surface area contributed by atoms with Crippen molar-refractivity contribution in [1.82, 2.24) is 5.32 Å². The number of hydrogen-bond acceptors (Lipinski definition) is 3. The molecule has 0 spiro atoms. The molecule has 2 amide bonds. The quantitative estimate of drug-likeness (QED) is 0.700. The van der Waals surface area contributed by atoms with Crippen molar-refractivity contribution in [2.45, 2.75) is 6.92 Å². The summed E-state index contributed by atoms with van der Waals surface area (Å²) in [6, 6.07) is 10.2. The van der Waals surface area contributed by atoms with Crippen LogP contribution in [-0.2, 0) is 9.59 Å². The van der Waals surface area contributed by atoms with E-state index in [1.165, 1.54) is 6.07 Å². The molecule has 0 aliphatic heterocycles. The van der Waals surface area contributed by atoms with E-state index < -0.39 is 5.91 Å². The van der Waals surface area contributed by atoms with E-state index in [0.29, 0.717) is 21.5 Å². The minimum atomic E-state index is -0.446. The van der Waals surface area contributed by atoms with Crippen molar-refractivity contribution in [2.75, 3.05) is 18.5 Å². The van der Waals surface area contributed by atoms with Gasteiger partial charge >= 0.3 is 0 Å². The molecule has 8 heteroatoms. The highest BCUT2D eigenvalue weighted by Crippen LogP contribution is 2.27. The van der Waals surface area contributed by atoms with Gasteiger partial charge in [-0.05, 0) is 42.8 Å². The van der Waals surface area contributed by atoms with Crippen LogP contribution in [0.25, 0.3) is 0 Å². The van der Waals surface area contributed by atoms with Gasteiger partial charge in [0, 0.05) is 21.2 Å². The maximum Gasteiger partial charge on any atom is 0.258 e. The normalized spacial score (nSPS) is 10.2. The number of nitrogens with one attached hydrogen (secondary N) is 2. The molecule has 0 heterocycles. The molecular weight excluding hydrogens is 431 g/mol. The van der Waals surface area contributed by atoms with Crippen LogP contribution in [0.3, 0.4) is 0 Å². The Morgan fingerprint density at radius 3 is 2.60 bits per heavy atom. The predicted octanol–water partition coefficient (Wildman–Crippen LogP) is 4.20. The first-order valence-corrected chi connectivity index (χ1v) is 8.80. The first-order chi connectivity index (χ1) is 11.8. The molecule has 0 aromatic heterocycles. The van der Waals surface area contributed by atoms with Crippen molar-refractivity contribution >= 4 is 56.6 Å². The molecule has 5 nitrogen and oxygen atoms in total. The molecule has 132 valence electrons. The van der Waals surface area contributed by atoms with Crippen LogP contribution in [0.15, 0.2) is 40.9 Å². The minimum absolute atomic E-state index is 0.166. The van der Waals surface area contributed by atoms with Gasteiger partial charge in [0.1, 0.15) is 5.75 Å². The summed E-state index contributed by atoms with van der Waals surface area (Å²) in [4.78, 5) is 23.7. The van der Waals surface area contributed by atoms with E-state index in [9.17, 15) is 9.59 Å². The Hall–Kier alpha value is -1.76. The SMILES string of the molecule is Cc1cc(Br)ccc1NC(=O)CNC(=O)COc1cc(Cl)ccc1Cl. The van der Waals surface area contributed by atoms with Crippen molar-refractivity contribution < 1.29 is 14.3 Å². The lowest BCUT2D eigenvalue weighted by atomic mass is 10.2. The highest BCUT2D eigenvalue weighted by atomic mass is 79.9. The topological polar surface area (TPSA) is 67.4 Å². The standard InChI is InChI=1S/C17H15BrCl2N2O3/c1-10-6-11(18)2-5-14(10)22-16(23)8-21-17(24)9-25-15-7-12(19)3-4-13(15)20/h2-7H,8-9H2,1H3,(H,21,24)(H,22,23). The number of aryl methyl sites for hydroxylation is 1. The van der Waals surface area contributed by atoms with Crippen LogP contribution in [0.4, 0.5) is 5.69 Å². The number of ether oxygens (including phenoxy) is 1. The van der Waals surface area contributed by atoms with Crippen molar-refractivity contribution in [3.05, 3.63) is 56.5 Å². The van der Waals surface area contributed by atoms with Gasteiger partial charge in [-0.3, -0.25) is 9.59 Å². The van der Waals surface area contributed by atoms with Crippen LogP contribution in [0.1, 0.15) is 5.56 Å². The van der Waals surface area contributed by atoms with E-state index in [1.54, 1.807) is 18.2 Å². The summed E-state index contributed by atoms with van der Waals surface area (Å²) >= 11 is 15.1. The number of amides is 2. The third-order valence-electron chi connectivity index (χ3n) is 3.16. The van der Waals surface area contributed by atoms with E-state index >= 15 is 0 Å². The van der Waals surface area contributed by atoms with Crippen LogP contribution in [-0.4, -0.2) is 25.0 Å². The fourth-order valence-electron chi connectivity index (χ4n) is 1.92. The number of halogens is 3. The van der Waals surface area contributed by atoms with E-state index in [2.05, 4.69) is 26.6 Å². The number of rotatable bonds is 6. The van der Waals surface area contributed by atoms with Crippen LogP contribution in [0, 0.1) is 6.92 Å². The molecule has 2 aromatic carbocycles. The molecule has 0 saturated heterocycles. The first kappa shape index (κ1) is 19.6. The van der Waals surface area contributed by atoms with Crippen molar-refractivity contribution in [1.29, 1.82) is 0 Å². The van der Waals surface area contributed by atoms with Gasteiger partial charge in [-0.15, -0.1) is 0 Å². The van der Waals surface area contributed by atoms with Gasteiger partial charge in [-0.2, -0.15) is 0 Å². The Morgan fingerprint density at radius 2 is 1.88 bits per heavy atom. The van der Waals surface area contributed by atoms with Gasteiger partial charge in [0.2, 0.25) is 5.91 Å². The van der Waals surface area contributed by atoms with Crippen molar-refractivity contribution in [3.8, 4) is 5.75 Å². The zero-order chi connectivity index (χ0) is 18.4. The second kappa shape index (κ2) is 9.08. The summed E-state index contributed by atoms with van der Waals surface area (Å²) in [6.45, 7) is 1.44. The van der Waals surface area contributed by atoms with E-state index in [4.69, 9.17) is 27.9 Å². The molecule has 0 saturated carbocycles.